The predicted molar refractivity (Wildman–Crippen MR) is 60.2 cm³/mol. The molecular weight excluding hydrogens is 172 g/mol. The normalized spacial score (nSPS) is 40.3. The van der Waals surface area contributed by atoms with Crippen molar-refractivity contribution in [3.05, 3.63) is 0 Å². The van der Waals surface area contributed by atoms with Crippen LogP contribution in [-0.4, -0.2) is 30.6 Å². The van der Waals surface area contributed by atoms with Crippen molar-refractivity contribution in [3.63, 3.8) is 0 Å². The molecule has 2 heteroatoms. The minimum atomic E-state index is 0.456. The maximum atomic E-state index is 5.91. The van der Waals surface area contributed by atoms with Gasteiger partial charge in [-0.3, -0.25) is 0 Å². The van der Waals surface area contributed by atoms with Crippen molar-refractivity contribution in [3.8, 4) is 0 Å². The molecule has 0 spiro atoms. The van der Waals surface area contributed by atoms with E-state index in [9.17, 15) is 0 Å². The number of hydrogen-bond acceptors (Lipinski definition) is 2. The van der Waals surface area contributed by atoms with Crippen molar-refractivity contribution in [1.29, 1.82) is 0 Å². The molecule has 2 nitrogen and oxygen atoms in total. The zero-order valence-corrected chi connectivity index (χ0v) is 9.41. The van der Waals surface area contributed by atoms with Gasteiger partial charge in [-0.25, -0.2) is 0 Å². The quantitative estimate of drug-likeness (QED) is 0.730. The Morgan fingerprint density at radius 3 is 2.43 bits per heavy atom. The first-order chi connectivity index (χ1) is 6.74. The maximum absolute atomic E-state index is 5.91. The van der Waals surface area contributed by atoms with Gasteiger partial charge in [0.2, 0.25) is 0 Å². The van der Waals surface area contributed by atoms with E-state index in [0.29, 0.717) is 6.04 Å². The zero-order chi connectivity index (χ0) is 9.97. The fourth-order valence-corrected chi connectivity index (χ4v) is 2.91. The van der Waals surface area contributed by atoms with Crippen LogP contribution < -0.4 is 5.73 Å². The average Bonchev–Trinajstić information content (AvgIpc) is 2.56. The molecule has 0 aromatic rings. The van der Waals surface area contributed by atoms with E-state index in [1.54, 1.807) is 0 Å². The van der Waals surface area contributed by atoms with Crippen molar-refractivity contribution >= 4 is 0 Å². The van der Waals surface area contributed by atoms with Gasteiger partial charge in [-0.2, -0.15) is 0 Å². The van der Waals surface area contributed by atoms with Crippen LogP contribution in [0.3, 0.4) is 0 Å². The molecule has 0 amide bonds. The van der Waals surface area contributed by atoms with E-state index in [1.165, 1.54) is 45.2 Å². The Hall–Kier alpha value is -0.0800. The third-order valence-corrected chi connectivity index (χ3v) is 3.96. The standard InChI is InChI=1S/C12H24N2/c1-10-2-4-11(5-3-10)8-14-7-6-12(13)9-14/h10-12H,2-9,13H2,1H3. The highest BCUT2D eigenvalue weighted by atomic mass is 15.2. The molecule has 1 heterocycles. The van der Waals surface area contributed by atoms with Crippen LogP contribution in [0, 0.1) is 11.8 Å². The summed E-state index contributed by atoms with van der Waals surface area (Å²) in [6.45, 7) is 6.10. The SMILES string of the molecule is CC1CCC(CN2CCC(N)C2)CC1. The van der Waals surface area contributed by atoms with Crippen molar-refractivity contribution in [2.24, 2.45) is 17.6 Å². The average molecular weight is 196 g/mol. The van der Waals surface area contributed by atoms with Crippen molar-refractivity contribution in [1.82, 2.24) is 4.90 Å². The summed E-state index contributed by atoms with van der Waals surface area (Å²) < 4.78 is 0. The molecule has 1 atom stereocenters. The van der Waals surface area contributed by atoms with Gasteiger partial charge in [-0.05, 0) is 37.6 Å². The summed E-state index contributed by atoms with van der Waals surface area (Å²) in [5.41, 5.74) is 5.91. The molecule has 1 unspecified atom stereocenters. The van der Waals surface area contributed by atoms with Gasteiger partial charge in [0.1, 0.15) is 0 Å². The van der Waals surface area contributed by atoms with Gasteiger partial charge < -0.3 is 10.6 Å². The molecule has 2 aliphatic rings. The minimum Gasteiger partial charge on any atom is -0.326 e. The van der Waals surface area contributed by atoms with E-state index in [-0.39, 0.29) is 0 Å². The number of hydrogen-bond donors (Lipinski definition) is 1. The molecule has 1 saturated carbocycles. The van der Waals surface area contributed by atoms with E-state index in [2.05, 4.69) is 11.8 Å². The molecule has 14 heavy (non-hydrogen) atoms. The number of nitrogens with zero attached hydrogens (tertiary/aromatic N) is 1. The summed E-state index contributed by atoms with van der Waals surface area (Å²) in [5.74, 6) is 1.95. The first-order valence-electron chi connectivity index (χ1n) is 6.22. The van der Waals surface area contributed by atoms with Gasteiger partial charge in [-0.15, -0.1) is 0 Å². The van der Waals surface area contributed by atoms with Crippen molar-refractivity contribution in [2.45, 2.75) is 45.1 Å². The Kier molecular flexibility index (Phi) is 3.45. The topological polar surface area (TPSA) is 29.3 Å². The van der Waals surface area contributed by atoms with Crippen LogP contribution in [0.2, 0.25) is 0 Å². The lowest BCUT2D eigenvalue weighted by molar-refractivity contribution is 0.208. The van der Waals surface area contributed by atoms with Gasteiger partial charge >= 0.3 is 0 Å². The molecular formula is C12H24N2. The molecule has 82 valence electrons. The molecule has 1 aliphatic carbocycles. The lowest BCUT2D eigenvalue weighted by Gasteiger charge is -2.29. The van der Waals surface area contributed by atoms with Crippen LogP contribution in [0.25, 0.3) is 0 Å². The predicted octanol–water partition coefficient (Wildman–Crippen LogP) is 1.85. The third-order valence-electron chi connectivity index (χ3n) is 3.96. The lowest BCUT2D eigenvalue weighted by Crippen LogP contribution is -2.32. The van der Waals surface area contributed by atoms with Crippen LogP contribution in [0.1, 0.15) is 39.0 Å². The van der Waals surface area contributed by atoms with Crippen LogP contribution in [-0.2, 0) is 0 Å². The third kappa shape index (κ3) is 2.71. The molecule has 2 rings (SSSR count). The summed E-state index contributed by atoms with van der Waals surface area (Å²) in [6.07, 6.45) is 7.01. The highest BCUT2D eigenvalue weighted by Crippen LogP contribution is 2.29. The molecule has 0 bridgehead atoms. The summed E-state index contributed by atoms with van der Waals surface area (Å²) in [7, 11) is 0. The highest BCUT2D eigenvalue weighted by Gasteiger charge is 2.24. The second kappa shape index (κ2) is 4.63. The fourth-order valence-electron chi connectivity index (χ4n) is 2.91. The van der Waals surface area contributed by atoms with Gasteiger partial charge in [-0.1, -0.05) is 19.8 Å². The molecule has 1 aliphatic heterocycles. The second-order valence-electron chi connectivity index (χ2n) is 5.43. The van der Waals surface area contributed by atoms with E-state index < -0.39 is 0 Å². The summed E-state index contributed by atoms with van der Waals surface area (Å²) >= 11 is 0. The fraction of sp³-hybridized carbons (Fsp3) is 1.00. The van der Waals surface area contributed by atoms with Crippen LogP contribution in [0.4, 0.5) is 0 Å². The molecule has 0 aromatic carbocycles. The largest absolute Gasteiger partial charge is 0.326 e. The Bertz CT molecular complexity index is 173. The number of rotatable bonds is 2. The molecule has 2 fully saturated rings. The van der Waals surface area contributed by atoms with Gasteiger partial charge in [0.15, 0.2) is 0 Å². The van der Waals surface area contributed by atoms with E-state index in [0.717, 1.165) is 18.4 Å². The van der Waals surface area contributed by atoms with Gasteiger partial charge in [0.25, 0.3) is 0 Å². The van der Waals surface area contributed by atoms with Gasteiger partial charge in [0.05, 0.1) is 0 Å². The highest BCUT2D eigenvalue weighted by molar-refractivity contribution is 4.81. The van der Waals surface area contributed by atoms with E-state index in [1.807, 2.05) is 0 Å². The summed E-state index contributed by atoms with van der Waals surface area (Å²) in [6, 6.07) is 0.456. The van der Waals surface area contributed by atoms with Gasteiger partial charge in [0, 0.05) is 19.1 Å². The van der Waals surface area contributed by atoms with Crippen LogP contribution >= 0.6 is 0 Å². The Balaban J connectivity index is 1.70. The van der Waals surface area contributed by atoms with Crippen molar-refractivity contribution < 1.29 is 0 Å². The molecule has 0 radical (unpaired) electrons. The zero-order valence-electron chi connectivity index (χ0n) is 9.41. The monoisotopic (exact) mass is 196 g/mol. The number of likely N-dealkylation sites (tertiary alicyclic amines) is 1. The molecule has 1 saturated heterocycles. The van der Waals surface area contributed by atoms with Crippen LogP contribution in [0.5, 0.6) is 0 Å². The Morgan fingerprint density at radius 1 is 1.14 bits per heavy atom. The minimum absolute atomic E-state index is 0.456. The maximum Gasteiger partial charge on any atom is 0.0180 e. The second-order valence-corrected chi connectivity index (χ2v) is 5.43. The van der Waals surface area contributed by atoms with E-state index >= 15 is 0 Å². The smallest absolute Gasteiger partial charge is 0.0180 e. The lowest BCUT2D eigenvalue weighted by atomic mass is 9.83. The molecule has 2 N–H and O–H groups in total. The number of nitrogens with two attached hydrogens (primary N) is 1. The Morgan fingerprint density at radius 2 is 1.86 bits per heavy atom. The first-order valence-corrected chi connectivity index (χ1v) is 6.22. The van der Waals surface area contributed by atoms with E-state index in [4.69, 9.17) is 5.73 Å². The summed E-state index contributed by atoms with van der Waals surface area (Å²) in [5, 5.41) is 0. The van der Waals surface area contributed by atoms with Crippen LogP contribution in [0.15, 0.2) is 0 Å². The first kappa shape index (κ1) is 10.4. The summed E-state index contributed by atoms with van der Waals surface area (Å²) in [4.78, 5) is 2.57. The Labute approximate surface area is 87.8 Å². The molecule has 0 aromatic heterocycles. The van der Waals surface area contributed by atoms with Crippen molar-refractivity contribution in [2.75, 3.05) is 19.6 Å².